The van der Waals surface area contributed by atoms with E-state index in [1.165, 1.54) is 30.4 Å². The summed E-state index contributed by atoms with van der Waals surface area (Å²) in [6.45, 7) is 7.06. The summed E-state index contributed by atoms with van der Waals surface area (Å²) in [5, 5.41) is 3.55. The fraction of sp³-hybridized carbons (Fsp3) is 0.647. The van der Waals surface area contributed by atoms with Gasteiger partial charge in [0.2, 0.25) is 0 Å². The topological polar surface area (TPSA) is 12.0 Å². The van der Waals surface area contributed by atoms with Crippen LogP contribution in [0.5, 0.6) is 0 Å². The molecule has 2 rings (SSSR count). The van der Waals surface area contributed by atoms with Crippen molar-refractivity contribution in [3.8, 4) is 0 Å². The molecule has 0 spiro atoms. The quantitative estimate of drug-likeness (QED) is 0.832. The zero-order valence-corrected chi connectivity index (χ0v) is 12.3. The van der Waals surface area contributed by atoms with Crippen molar-refractivity contribution in [3.63, 3.8) is 0 Å². The molecule has 2 atom stereocenters. The molecule has 0 aliphatic heterocycles. The van der Waals surface area contributed by atoms with Crippen molar-refractivity contribution >= 4 is 0 Å². The maximum atomic E-state index is 3.55. The van der Waals surface area contributed by atoms with Crippen LogP contribution in [0.15, 0.2) is 24.3 Å². The van der Waals surface area contributed by atoms with Crippen molar-refractivity contribution in [2.45, 2.75) is 52.5 Å². The molecule has 1 aliphatic carbocycles. The van der Waals surface area contributed by atoms with Gasteiger partial charge in [-0.3, -0.25) is 0 Å². The number of hydrogen-bond acceptors (Lipinski definition) is 1. The van der Waals surface area contributed by atoms with E-state index in [2.05, 4.69) is 57.4 Å². The van der Waals surface area contributed by atoms with Gasteiger partial charge in [0.25, 0.3) is 0 Å². The zero-order valence-electron chi connectivity index (χ0n) is 12.3. The lowest BCUT2D eigenvalue weighted by Gasteiger charge is -2.34. The maximum absolute atomic E-state index is 3.55. The molecule has 1 aromatic rings. The summed E-state index contributed by atoms with van der Waals surface area (Å²) in [6, 6.07) is 9.69. The average Bonchev–Trinajstić information content (AvgIpc) is 2.71. The molecule has 0 radical (unpaired) electrons. The molecule has 1 aliphatic rings. The lowest BCUT2D eigenvalue weighted by atomic mass is 9.75. The molecule has 2 unspecified atom stereocenters. The molecular weight excluding hydrogens is 218 g/mol. The van der Waals surface area contributed by atoms with Gasteiger partial charge >= 0.3 is 0 Å². The third kappa shape index (κ3) is 2.61. The Bertz CT molecular complexity index is 377. The molecule has 1 saturated carbocycles. The van der Waals surface area contributed by atoms with E-state index in [0.29, 0.717) is 11.5 Å². The second-order valence-corrected chi connectivity index (χ2v) is 6.35. The molecule has 18 heavy (non-hydrogen) atoms. The van der Waals surface area contributed by atoms with E-state index < -0.39 is 0 Å². The SMILES string of the molecule is CCc1ccc(C(NC)C2CCCC2(C)C)cc1. The second kappa shape index (κ2) is 5.44. The Morgan fingerprint density at radius 1 is 1.28 bits per heavy atom. The molecule has 1 fully saturated rings. The van der Waals surface area contributed by atoms with Gasteiger partial charge in [-0.15, -0.1) is 0 Å². The monoisotopic (exact) mass is 245 g/mol. The van der Waals surface area contributed by atoms with Gasteiger partial charge in [0.15, 0.2) is 0 Å². The van der Waals surface area contributed by atoms with E-state index in [9.17, 15) is 0 Å². The third-order valence-corrected chi connectivity index (χ3v) is 4.80. The fourth-order valence-corrected chi connectivity index (χ4v) is 3.53. The highest BCUT2D eigenvalue weighted by Gasteiger charge is 2.39. The van der Waals surface area contributed by atoms with E-state index in [0.717, 1.165) is 12.3 Å². The van der Waals surface area contributed by atoms with E-state index >= 15 is 0 Å². The van der Waals surface area contributed by atoms with Crippen LogP contribution in [0.4, 0.5) is 0 Å². The second-order valence-electron chi connectivity index (χ2n) is 6.35. The molecule has 0 heterocycles. The van der Waals surface area contributed by atoms with Gasteiger partial charge in [-0.25, -0.2) is 0 Å². The first-order chi connectivity index (χ1) is 8.58. The van der Waals surface area contributed by atoms with Crippen molar-refractivity contribution in [3.05, 3.63) is 35.4 Å². The van der Waals surface area contributed by atoms with Crippen molar-refractivity contribution in [2.24, 2.45) is 11.3 Å². The van der Waals surface area contributed by atoms with Crippen LogP contribution in [0.2, 0.25) is 0 Å². The van der Waals surface area contributed by atoms with E-state index in [1.54, 1.807) is 0 Å². The minimum absolute atomic E-state index is 0.469. The highest BCUT2D eigenvalue weighted by molar-refractivity contribution is 5.26. The van der Waals surface area contributed by atoms with Gasteiger partial charge in [0.05, 0.1) is 0 Å². The first-order valence-electron chi connectivity index (χ1n) is 7.34. The minimum Gasteiger partial charge on any atom is -0.313 e. The van der Waals surface area contributed by atoms with Crippen molar-refractivity contribution in [1.82, 2.24) is 5.32 Å². The highest BCUT2D eigenvalue weighted by Crippen LogP contribution is 2.48. The molecule has 100 valence electrons. The van der Waals surface area contributed by atoms with E-state index in [4.69, 9.17) is 0 Å². The van der Waals surface area contributed by atoms with Crippen LogP contribution in [-0.2, 0) is 6.42 Å². The van der Waals surface area contributed by atoms with Crippen molar-refractivity contribution < 1.29 is 0 Å². The zero-order chi connectivity index (χ0) is 13.2. The smallest absolute Gasteiger partial charge is 0.0351 e. The molecule has 0 amide bonds. The predicted octanol–water partition coefficient (Wildman–Crippen LogP) is 4.34. The summed E-state index contributed by atoms with van der Waals surface area (Å²) < 4.78 is 0. The maximum Gasteiger partial charge on any atom is 0.0351 e. The lowest BCUT2D eigenvalue weighted by molar-refractivity contribution is 0.203. The summed E-state index contributed by atoms with van der Waals surface area (Å²) in [4.78, 5) is 0. The van der Waals surface area contributed by atoms with Gasteiger partial charge in [-0.2, -0.15) is 0 Å². The largest absolute Gasteiger partial charge is 0.313 e. The van der Waals surface area contributed by atoms with E-state index in [1.807, 2.05) is 0 Å². The van der Waals surface area contributed by atoms with E-state index in [-0.39, 0.29) is 0 Å². The van der Waals surface area contributed by atoms with Crippen LogP contribution in [0.3, 0.4) is 0 Å². The Balaban J connectivity index is 2.22. The van der Waals surface area contributed by atoms with Crippen LogP contribution in [-0.4, -0.2) is 7.05 Å². The van der Waals surface area contributed by atoms with Gasteiger partial charge in [-0.05, 0) is 48.8 Å². The first-order valence-corrected chi connectivity index (χ1v) is 7.34. The van der Waals surface area contributed by atoms with Crippen LogP contribution in [0.25, 0.3) is 0 Å². The number of rotatable bonds is 4. The third-order valence-electron chi connectivity index (χ3n) is 4.80. The number of nitrogens with one attached hydrogen (secondary N) is 1. The molecule has 1 nitrogen and oxygen atoms in total. The normalized spacial score (nSPS) is 24.1. The molecule has 1 heteroatoms. The summed E-state index contributed by atoms with van der Waals surface area (Å²) in [5.41, 5.74) is 3.35. The summed E-state index contributed by atoms with van der Waals surface area (Å²) in [6.07, 6.45) is 5.22. The Kier molecular flexibility index (Phi) is 4.11. The number of hydrogen-bond donors (Lipinski definition) is 1. The Morgan fingerprint density at radius 3 is 2.39 bits per heavy atom. The molecule has 1 N–H and O–H groups in total. The Hall–Kier alpha value is -0.820. The standard InChI is InChI=1S/C17H27N/c1-5-13-8-10-14(11-9-13)16(18-4)15-7-6-12-17(15,2)3/h8-11,15-16,18H,5-7,12H2,1-4H3. The van der Waals surface area contributed by atoms with Crippen molar-refractivity contribution in [1.29, 1.82) is 0 Å². The Morgan fingerprint density at radius 2 is 1.94 bits per heavy atom. The summed E-state index contributed by atoms with van der Waals surface area (Å²) >= 11 is 0. The van der Waals surface area contributed by atoms with Crippen LogP contribution in [0.1, 0.15) is 57.2 Å². The highest BCUT2D eigenvalue weighted by atomic mass is 14.9. The van der Waals surface area contributed by atoms with Crippen LogP contribution in [0, 0.1) is 11.3 Å². The average molecular weight is 245 g/mol. The number of aryl methyl sites for hydroxylation is 1. The van der Waals surface area contributed by atoms with Crippen LogP contribution >= 0.6 is 0 Å². The van der Waals surface area contributed by atoms with Crippen molar-refractivity contribution in [2.75, 3.05) is 7.05 Å². The fourth-order valence-electron chi connectivity index (χ4n) is 3.53. The van der Waals surface area contributed by atoms with Gasteiger partial charge < -0.3 is 5.32 Å². The molecule has 0 saturated heterocycles. The summed E-state index contributed by atoms with van der Waals surface area (Å²) in [5.74, 6) is 0.759. The van der Waals surface area contributed by atoms with Gasteiger partial charge in [-0.1, -0.05) is 51.5 Å². The predicted molar refractivity (Wildman–Crippen MR) is 78.7 cm³/mol. The summed E-state index contributed by atoms with van der Waals surface area (Å²) in [7, 11) is 2.10. The molecular formula is C17H27N. The van der Waals surface area contributed by atoms with Gasteiger partial charge in [0, 0.05) is 6.04 Å². The first kappa shape index (κ1) is 13.6. The lowest BCUT2D eigenvalue weighted by Crippen LogP contribution is -2.31. The number of benzene rings is 1. The Labute approximate surface area is 112 Å². The molecule has 0 bridgehead atoms. The minimum atomic E-state index is 0.469. The van der Waals surface area contributed by atoms with Crippen LogP contribution < -0.4 is 5.32 Å². The molecule has 0 aromatic heterocycles. The molecule has 1 aromatic carbocycles. The van der Waals surface area contributed by atoms with Gasteiger partial charge in [0.1, 0.15) is 0 Å².